The summed E-state index contributed by atoms with van der Waals surface area (Å²) in [6.45, 7) is 0. The summed E-state index contributed by atoms with van der Waals surface area (Å²) in [5, 5.41) is 1.06. The van der Waals surface area contributed by atoms with Crippen LogP contribution in [0.25, 0.3) is 66.9 Å². The van der Waals surface area contributed by atoms with Crippen molar-refractivity contribution < 1.29 is 0 Å². The van der Waals surface area contributed by atoms with Crippen LogP contribution in [0.15, 0.2) is 122 Å². The Hall–Kier alpha value is -5.36. The standard InChI is InChI=1S/C32H20N6/c1-3-10-21(11-4-1)22-17-19-33-27(20-22)38-26-16-9-18-34-29(26)30-32(38)36-31-28(35-30)24-14-7-8-15-25(24)37(31)23-12-5-2-6-13-23/h1-20H. The lowest BCUT2D eigenvalue weighted by Gasteiger charge is -2.09. The fourth-order valence-corrected chi connectivity index (χ4v) is 5.35. The van der Waals surface area contributed by atoms with Crippen LogP contribution in [-0.2, 0) is 0 Å². The molecule has 0 N–H and O–H groups in total. The van der Waals surface area contributed by atoms with Crippen LogP contribution in [-0.4, -0.2) is 29.1 Å². The molecule has 0 saturated carbocycles. The summed E-state index contributed by atoms with van der Waals surface area (Å²) < 4.78 is 4.25. The first kappa shape index (κ1) is 20.8. The molecule has 178 valence electrons. The summed E-state index contributed by atoms with van der Waals surface area (Å²) in [6.07, 6.45) is 3.65. The lowest BCUT2D eigenvalue weighted by Crippen LogP contribution is -2.01. The Kier molecular flexibility index (Phi) is 4.42. The van der Waals surface area contributed by atoms with E-state index in [9.17, 15) is 0 Å². The summed E-state index contributed by atoms with van der Waals surface area (Å²) in [5.41, 5.74) is 9.19. The van der Waals surface area contributed by atoms with E-state index >= 15 is 0 Å². The van der Waals surface area contributed by atoms with Crippen LogP contribution >= 0.6 is 0 Å². The van der Waals surface area contributed by atoms with Gasteiger partial charge in [0.05, 0.1) is 11.0 Å². The van der Waals surface area contributed by atoms with Crippen LogP contribution in [0.1, 0.15) is 0 Å². The highest BCUT2D eigenvalue weighted by Crippen LogP contribution is 2.35. The van der Waals surface area contributed by atoms with Gasteiger partial charge in [-0.05, 0) is 53.6 Å². The third kappa shape index (κ3) is 3.01. The molecule has 38 heavy (non-hydrogen) atoms. The number of nitrogens with zero attached hydrogens (tertiary/aromatic N) is 6. The number of benzene rings is 3. The van der Waals surface area contributed by atoms with E-state index in [4.69, 9.17) is 19.9 Å². The van der Waals surface area contributed by atoms with Gasteiger partial charge in [-0.2, -0.15) is 0 Å². The predicted octanol–water partition coefficient (Wildman–Crippen LogP) is 7.13. The van der Waals surface area contributed by atoms with Crippen molar-refractivity contribution in [3.63, 3.8) is 0 Å². The molecule has 0 fully saturated rings. The van der Waals surface area contributed by atoms with Crippen molar-refractivity contribution in [1.29, 1.82) is 0 Å². The first-order valence-corrected chi connectivity index (χ1v) is 12.5. The van der Waals surface area contributed by atoms with E-state index in [-0.39, 0.29) is 0 Å². The van der Waals surface area contributed by atoms with E-state index in [1.165, 1.54) is 0 Å². The normalized spacial score (nSPS) is 11.7. The number of aromatic nitrogens is 6. The van der Waals surface area contributed by atoms with Crippen molar-refractivity contribution in [2.45, 2.75) is 0 Å². The molecule has 8 rings (SSSR count). The number of hydrogen-bond acceptors (Lipinski definition) is 4. The first-order valence-electron chi connectivity index (χ1n) is 12.5. The maximum atomic E-state index is 5.29. The molecule has 5 heterocycles. The first-order chi connectivity index (χ1) is 18.9. The van der Waals surface area contributed by atoms with Crippen molar-refractivity contribution in [1.82, 2.24) is 29.1 Å². The largest absolute Gasteiger partial charge is 0.292 e. The minimum Gasteiger partial charge on any atom is -0.292 e. The van der Waals surface area contributed by atoms with Gasteiger partial charge in [0.2, 0.25) is 0 Å². The van der Waals surface area contributed by atoms with E-state index < -0.39 is 0 Å². The average Bonchev–Trinajstić information content (AvgIpc) is 3.49. The SMILES string of the molecule is c1ccc(-c2ccnc(-n3c4cccnc4c4nc5c6ccccc6n(-c6ccccc6)c5nc43)c2)cc1. The van der Waals surface area contributed by atoms with Gasteiger partial charge in [-0.15, -0.1) is 0 Å². The zero-order valence-electron chi connectivity index (χ0n) is 20.2. The summed E-state index contributed by atoms with van der Waals surface area (Å²) in [6, 6.07) is 37.1. The minimum atomic E-state index is 0.726. The van der Waals surface area contributed by atoms with Crippen LogP contribution in [0.5, 0.6) is 0 Å². The molecule has 0 unspecified atom stereocenters. The number of pyridine rings is 2. The molecule has 0 saturated heterocycles. The number of fused-ring (bicyclic) bond motifs is 6. The van der Waals surface area contributed by atoms with Gasteiger partial charge in [0.15, 0.2) is 11.3 Å². The van der Waals surface area contributed by atoms with E-state index in [2.05, 4.69) is 63.7 Å². The lowest BCUT2D eigenvalue weighted by atomic mass is 10.1. The molecular weight excluding hydrogens is 468 g/mol. The Morgan fingerprint density at radius 1 is 0.474 bits per heavy atom. The summed E-state index contributed by atoms with van der Waals surface area (Å²) >= 11 is 0. The van der Waals surface area contributed by atoms with Gasteiger partial charge in [0, 0.05) is 23.5 Å². The highest BCUT2D eigenvalue weighted by Gasteiger charge is 2.22. The summed E-state index contributed by atoms with van der Waals surface area (Å²) in [4.78, 5) is 20.0. The third-order valence-corrected chi connectivity index (χ3v) is 7.03. The van der Waals surface area contributed by atoms with Crippen molar-refractivity contribution in [3.05, 3.63) is 122 Å². The fraction of sp³-hybridized carbons (Fsp3) is 0. The molecule has 0 aliphatic heterocycles. The molecule has 6 heteroatoms. The molecule has 0 bridgehead atoms. The molecule has 5 aromatic heterocycles. The highest BCUT2D eigenvalue weighted by atomic mass is 15.2. The molecule has 0 atom stereocenters. The van der Waals surface area contributed by atoms with Crippen LogP contribution < -0.4 is 0 Å². The van der Waals surface area contributed by atoms with Gasteiger partial charge in [-0.25, -0.2) is 15.0 Å². The van der Waals surface area contributed by atoms with Gasteiger partial charge in [0.25, 0.3) is 0 Å². The second-order valence-electron chi connectivity index (χ2n) is 9.23. The topological polar surface area (TPSA) is 61.4 Å². The third-order valence-electron chi connectivity index (χ3n) is 7.03. The fourth-order valence-electron chi connectivity index (χ4n) is 5.35. The van der Waals surface area contributed by atoms with E-state index in [0.29, 0.717) is 0 Å². The molecule has 0 spiro atoms. The Morgan fingerprint density at radius 3 is 2.08 bits per heavy atom. The number of hydrogen-bond donors (Lipinski definition) is 0. The number of rotatable bonds is 3. The quantitative estimate of drug-likeness (QED) is 0.265. The van der Waals surface area contributed by atoms with Crippen molar-refractivity contribution in [2.24, 2.45) is 0 Å². The summed E-state index contributed by atoms with van der Waals surface area (Å²) in [7, 11) is 0. The molecule has 0 aliphatic carbocycles. The van der Waals surface area contributed by atoms with Crippen LogP contribution in [0, 0.1) is 0 Å². The summed E-state index contributed by atoms with van der Waals surface area (Å²) in [5.74, 6) is 0.773. The van der Waals surface area contributed by atoms with Gasteiger partial charge in [-0.3, -0.25) is 14.1 Å². The van der Waals surface area contributed by atoms with Crippen LogP contribution in [0.2, 0.25) is 0 Å². The molecular formula is C32H20N6. The van der Waals surface area contributed by atoms with Gasteiger partial charge in [0.1, 0.15) is 22.4 Å². The minimum absolute atomic E-state index is 0.726. The van der Waals surface area contributed by atoms with Crippen molar-refractivity contribution >= 4 is 44.3 Å². The van der Waals surface area contributed by atoms with Crippen molar-refractivity contribution in [2.75, 3.05) is 0 Å². The van der Waals surface area contributed by atoms with Crippen LogP contribution in [0.3, 0.4) is 0 Å². The molecule has 3 aromatic carbocycles. The van der Waals surface area contributed by atoms with Crippen molar-refractivity contribution in [3.8, 4) is 22.6 Å². The maximum absolute atomic E-state index is 5.29. The van der Waals surface area contributed by atoms with Gasteiger partial charge in [-0.1, -0.05) is 66.7 Å². The Morgan fingerprint density at radius 2 is 1.21 bits per heavy atom. The maximum Gasteiger partial charge on any atom is 0.169 e. The molecule has 0 radical (unpaired) electrons. The Bertz CT molecular complexity index is 2120. The smallest absolute Gasteiger partial charge is 0.169 e. The second-order valence-corrected chi connectivity index (χ2v) is 9.23. The highest BCUT2D eigenvalue weighted by molar-refractivity contribution is 6.11. The van der Waals surface area contributed by atoms with Gasteiger partial charge >= 0.3 is 0 Å². The van der Waals surface area contributed by atoms with E-state index in [1.807, 2.05) is 60.8 Å². The zero-order chi connectivity index (χ0) is 25.1. The average molecular weight is 489 g/mol. The predicted molar refractivity (Wildman–Crippen MR) is 152 cm³/mol. The Balaban J connectivity index is 1.50. The lowest BCUT2D eigenvalue weighted by molar-refractivity contribution is 1.05. The van der Waals surface area contributed by atoms with Gasteiger partial charge < -0.3 is 0 Å². The molecule has 8 aromatic rings. The molecule has 0 aliphatic rings. The van der Waals surface area contributed by atoms with Crippen LogP contribution in [0.4, 0.5) is 0 Å². The Labute approximate surface area is 217 Å². The number of para-hydroxylation sites is 2. The molecule has 0 amide bonds. The zero-order valence-corrected chi connectivity index (χ0v) is 20.2. The molecule has 6 nitrogen and oxygen atoms in total. The second kappa shape index (κ2) is 8.08. The van der Waals surface area contributed by atoms with E-state index in [0.717, 1.165) is 66.9 Å². The van der Waals surface area contributed by atoms with E-state index in [1.54, 1.807) is 6.20 Å². The monoisotopic (exact) mass is 488 g/mol.